The highest BCUT2D eigenvalue weighted by molar-refractivity contribution is 5.79. The average molecular weight is 387 g/mol. The maximum Gasteiger partial charge on any atom is 0.191 e. The molecule has 154 valence electrons. The van der Waals surface area contributed by atoms with Crippen LogP contribution in [0.2, 0.25) is 0 Å². The fourth-order valence-corrected chi connectivity index (χ4v) is 2.84. The fourth-order valence-electron chi connectivity index (χ4n) is 2.84. The van der Waals surface area contributed by atoms with Gasteiger partial charge in [0.25, 0.3) is 0 Å². The van der Waals surface area contributed by atoms with Gasteiger partial charge in [-0.05, 0) is 52.6 Å². The molecule has 0 atom stereocenters. The van der Waals surface area contributed by atoms with Crippen molar-refractivity contribution >= 4 is 5.96 Å². The lowest BCUT2D eigenvalue weighted by Gasteiger charge is -2.13. The summed E-state index contributed by atoms with van der Waals surface area (Å²) in [5, 5.41) is 11.2. The molecule has 7 heteroatoms. The second-order valence-corrected chi connectivity index (χ2v) is 7.12. The normalized spacial score (nSPS) is 11.8. The lowest BCUT2D eigenvalue weighted by atomic mass is 10.2. The minimum atomic E-state index is 0.589. The van der Waals surface area contributed by atoms with Crippen LogP contribution in [-0.2, 0) is 20.1 Å². The Morgan fingerprint density at radius 2 is 2.04 bits per heavy atom. The van der Waals surface area contributed by atoms with E-state index in [0.29, 0.717) is 19.7 Å². The largest absolute Gasteiger partial charge is 0.492 e. The Kier molecular flexibility index (Phi) is 8.32. The van der Waals surface area contributed by atoms with E-state index >= 15 is 0 Å². The van der Waals surface area contributed by atoms with Gasteiger partial charge >= 0.3 is 0 Å². The summed E-state index contributed by atoms with van der Waals surface area (Å²) in [6.45, 7) is 9.86. The third-order valence-electron chi connectivity index (χ3n) is 4.56. The summed E-state index contributed by atoms with van der Waals surface area (Å²) < 4.78 is 7.73. The van der Waals surface area contributed by atoms with Crippen LogP contribution in [0.3, 0.4) is 0 Å². The molecule has 28 heavy (non-hydrogen) atoms. The van der Waals surface area contributed by atoms with Crippen LogP contribution in [0.1, 0.15) is 29.4 Å². The number of likely N-dealkylation sites (N-methyl/N-ethyl adjacent to an activating group) is 1. The molecule has 1 aromatic heterocycles. The van der Waals surface area contributed by atoms with Crippen LogP contribution in [0.4, 0.5) is 0 Å². The molecular weight excluding hydrogens is 352 g/mol. The van der Waals surface area contributed by atoms with Crippen LogP contribution in [0, 0.1) is 13.8 Å². The molecule has 0 aliphatic heterocycles. The van der Waals surface area contributed by atoms with Gasteiger partial charge in [-0.25, -0.2) is 4.99 Å². The van der Waals surface area contributed by atoms with Crippen molar-refractivity contribution in [2.75, 3.05) is 33.8 Å². The van der Waals surface area contributed by atoms with Crippen LogP contribution in [0.15, 0.2) is 29.3 Å². The van der Waals surface area contributed by atoms with E-state index in [1.165, 1.54) is 11.3 Å². The summed E-state index contributed by atoms with van der Waals surface area (Å²) in [5.41, 5.74) is 4.55. The van der Waals surface area contributed by atoms with Gasteiger partial charge in [-0.1, -0.05) is 12.1 Å². The summed E-state index contributed by atoms with van der Waals surface area (Å²) in [6, 6.07) is 8.12. The summed E-state index contributed by atoms with van der Waals surface area (Å²) >= 11 is 0. The average Bonchev–Trinajstić information content (AvgIpc) is 2.89. The summed E-state index contributed by atoms with van der Waals surface area (Å²) in [6.07, 6.45) is 0. The highest BCUT2D eigenvalue weighted by Gasteiger charge is 2.09. The van der Waals surface area contributed by atoms with Crippen LogP contribution in [-0.4, -0.2) is 54.4 Å². The van der Waals surface area contributed by atoms with Crippen molar-refractivity contribution in [3.8, 4) is 5.75 Å². The monoisotopic (exact) mass is 386 g/mol. The van der Waals surface area contributed by atoms with E-state index in [9.17, 15) is 0 Å². The number of nitrogens with zero attached hydrogens (tertiary/aromatic N) is 4. The van der Waals surface area contributed by atoms with Crippen LogP contribution in [0.25, 0.3) is 0 Å². The number of nitrogens with one attached hydrogen (secondary N) is 2. The summed E-state index contributed by atoms with van der Waals surface area (Å²) in [5.74, 6) is 1.68. The second kappa shape index (κ2) is 10.7. The zero-order chi connectivity index (χ0) is 20.5. The van der Waals surface area contributed by atoms with Gasteiger partial charge in [0.15, 0.2) is 5.96 Å². The molecule has 2 N–H and O–H groups in total. The van der Waals surface area contributed by atoms with E-state index in [4.69, 9.17) is 9.73 Å². The molecule has 2 rings (SSSR count). The fraction of sp³-hybridized carbons (Fsp3) is 0.524. The molecule has 7 nitrogen and oxygen atoms in total. The number of aliphatic imine (C=N–C) groups is 1. The van der Waals surface area contributed by atoms with Gasteiger partial charge in [-0.15, -0.1) is 0 Å². The molecule has 0 fully saturated rings. The Hall–Kier alpha value is -2.54. The highest BCUT2D eigenvalue weighted by atomic mass is 16.5. The molecule has 0 aliphatic rings. The first-order chi connectivity index (χ1) is 13.4. The zero-order valence-corrected chi connectivity index (χ0v) is 18.0. The smallest absolute Gasteiger partial charge is 0.191 e. The summed E-state index contributed by atoms with van der Waals surface area (Å²) in [7, 11) is 6.05. The Bertz CT molecular complexity index is 781. The molecule has 0 bridgehead atoms. The van der Waals surface area contributed by atoms with Gasteiger partial charge in [0.05, 0.1) is 12.2 Å². The first-order valence-corrected chi connectivity index (χ1v) is 9.78. The van der Waals surface area contributed by atoms with Gasteiger partial charge < -0.3 is 20.3 Å². The summed E-state index contributed by atoms with van der Waals surface area (Å²) in [4.78, 5) is 6.82. The van der Waals surface area contributed by atoms with E-state index in [0.717, 1.165) is 36.1 Å². The molecule has 1 heterocycles. The molecule has 0 aliphatic carbocycles. The second-order valence-electron chi connectivity index (χ2n) is 7.12. The lowest BCUT2D eigenvalue weighted by Crippen LogP contribution is -2.37. The van der Waals surface area contributed by atoms with Crippen molar-refractivity contribution in [2.45, 2.75) is 33.9 Å². The van der Waals surface area contributed by atoms with E-state index < -0.39 is 0 Å². The van der Waals surface area contributed by atoms with E-state index in [-0.39, 0.29) is 0 Å². The number of aryl methyl sites for hydroxylation is 2. The number of guanidine groups is 1. The van der Waals surface area contributed by atoms with Gasteiger partial charge in [0.1, 0.15) is 12.4 Å². The number of hydrogen-bond acceptors (Lipinski definition) is 4. The minimum Gasteiger partial charge on any atom is -0.492 e. The standard InChI is InChI=1S/C21H34N6O/c1-7-22-21(24-15-20-16(2)25-27(6)17(20)3)23-14-18-9-8-10-19(13-18)28-12-11-26(4)5/h8-10,13H,7,11-12,14-15H2,1-6H3,(H2,22,23,24). The number of hydrogen-bond donors (Lipinski definition) is 2. The Balaban J connectivity index is 1.98. The van der Waals surface area contributed by atoms with Crippen molar-refractivity contribution in [3.05, 3.63) is 46.8 Å². The number of aromatic nitrogens is 2. The van der Waals surface area contributed by atoms with E-state index in [1.54, 1.807) is 0 Å². The van der Waals surface area contributed by atoms with Crippen molar-refractivity contribution in [2.24, 2.45) is 12.0 Å². The molecule has 1 aromatic carbocycles. The maximum atomic E-state index is 5.82. The first kappa shape index (κ1) is 21.8. The number of rotatable bonds is 9. The molecule has 0 saturated carbocycles. The van der Waals surface area contributed by atoms with Crippen molar-refractivity contribution in [1.82, 2.24) is 25.3 Å². The van der Waals surface area contributed by atoms with Crippen molar-refractivity contribution < 1.29 is 4.74 Å². The molecule has 0 saturated heterocycles. The van der Waals surface area contributed by atoms with E-state index in [1.807, 2.05) is 44.9 Å². The van der Waals surface area contributed by atoms with E-state index in [2.05, 4.69) is 46.6 Å². The quantitative estimate of drug-likeness (QED) is 0.511. The molecule has 0 unspecified atom stereocenters. The lowest BCUT2D eigenvalue weighted by molar-refractivity contribution is 0.261. The topological polar surface area (TPSA) is 66.7 Å². The molecular formula is C21H34N6O. The highest BCUT2D eigenvalue weighted by Crippen LogP contribution is 2.14. The van der Waals surface area contributed by atoms with Crippen molar-refractivity contribution in [1.29, 1.82) is 0 Å². The Labute approximate surface area is 168 Å². The molecule has 2 aromatic rings. The third kappa shape index (κ3) is 6.56. The maximum absolute atomic E-state index is 5.82. The van der Waals surface area contributed by atoms with Gasteiger partial charge in [0.2, 0.25) is 0 Å². The number of benzene rings is 1. The molecule has 0 spiro atoms. The van der Waals surface area contributed by atoms with Crippen LogP contribution < -0.4 is 15.4 Å². The Morgan fingerprint density at radius 1 is 1.25 bits per heavy atom. The number of ether oxygens (including phenoxy) is 1. The molecule has 0 amide bonds. The van der Waals surface area contributed by atoms with Gasteiger partial charge in [0, 0.05) is 37.9 Å². The van der Waals surface area contributed by atoms with Gasteiger partial charge in [-0.2, -0.15) is 5.10 Å². The molecule has 0 radical (unpaired) electrons. The van der Waals surface area contributed by atoms with Crippen LogP contribution >= 0.6 is 0 Å². The zero-order valence-electron chi connectivity index (χ0n) is 18.0. The SMILES string of the molecule is CCNC(=NCc1cccc(OCCN(C)C)c1)NCc1c(C)nn(C)c1C. The van der Waals surface area contributed by atoms with Crippen LogP contribution in [0.5, 0.6) is 5.75 Å². The first-order valence-electron chi connectivity index (χ1n) is 9.78. The minimum absolute atomic E-state index is 0.589. The predicted molar refractivity (Wildman–Crippen MR) is 115 cm³/mol. The predicted octanol–water partition coefficient (Wildman–Crippen LogP) is 2.23. The van der Waals surface area contributed by atoms with Crippen molar-refractivity contribution in [3.63, 3.8) is 0 Å². The third-order valence-corrected chi connectivity index (χ3v) is 4.56. The Morgan fingerprint density at radius 3 is 2.68 bits per heavy atom. The van der Waals surface area contributed by atoms with Gasteiger partial charge in [-0.3, -0.25) is 4.68 Å².